The number of rotatable bonds is 6. The number of morpholine rings is 2. The number of aliphatic hydroxyl groups excluding tert-OH is 1. The van der Waals surface area contributed by atoms with Crippen LogP contribution in [0.5, 0.6) is 0 Å². The van der Waals surface area contributed by atoms with Crippen molar-refractivity contribution in [1.82, 2.24) is 4.90 Å². The topological polar surface area (TPSA) is 158 Å². The second kappa shape index (κ2) is 10.9. The van der Waals surface area contributed by atoms with Gasteiger partial charge in [-0.05, 0) is 48.9 Å². The number of nitrogens with one attached hydrogen (secondary N) is 2. The van der Waals surface area contributed by atoms with Crippen LogP contribution in [0, 0.1) is 12.3 Å². The minimum Gasteiger partial charge on any atom is -0.384 e. The maximum Gasteiger partial charge on any atom is 0.259 e. The van der Waals surface area contributed by atoms with E-state index in [-0.39, 0.29) is 24.9 Å². The minimum absolute atomic E-state index is 0.106. The Morgan fingerprint density at radius 1 is 1.08 bits per heavy atom. The average molecular weight is 496 g/mol. The Bertz CT molecular complexity index is 1160. The van der Waals surface area contributed by atoms with Crippen molar-refractivity contribution in [3.8, 4) is 0 Å². The lowest BCUT2D eigenvalue weighted by Crippen LogP contribution is -2.55. The molecule has 190 valence electrons. The predicted octanol–water partition coefficient (Wildman–Crippen LogP) is 0.483. The number of anilines is 2. The van der Waals surface area contributed by atoms with E-state index < -0.39 is 24.0 Å². The van der Waals surface area contributed by atoms with Crippen molar-refractivity contribution in [2.75, 3.05) is 49.7 Å². The quantitative estimate of drug-likeness (QED) is 0.335. The van der Waals surface area contributed by atoms with E-state index in [9.17, 15) is 19.5 Å². The predicted molar refractivity (Wildman–Crippen MR) is 132 cm³/mol. The largest absolute Gasteiger partial charge is 0.384 e. The summed E-state index contributed by atoms with van der Waals surface area (Å²) >= 11 is 0. The fourth-order valence-electron chi connectivity index (χ4n) is 4.14. The number of aliphatic hydroxyl groups is 1. The van der Waals surface area contributed by atoms with Gasteiger partial charge in [0.1, 0.15) is 5.84 Å². The first kappa shape index (κ1) is 25.3. The Morgan fingerprint density at radius 3 is 2.42 bits per heavy atom. The molecule has 5 N–H and O–H groups in total. The lowest BCUT2D eigenvalue weighted by Gasteiger charge is -2.35. The number of nitrogens with zero attached hydrogens (tertiary/aromatic N) is 2. The van der Waals surface area contributed by atoms with Gasteiger partial charge in [0, 0.05) is 42.1 Å². The first-order chi connectivity index (χ1) is 17.3. The summed E-state index contributed by atoms with van der Waals surface area (Å²) in [5.74, 6) is -1.64. The van der Waals surface area contributed by atoms with Gasteiger partial charge in [0.2, 0.25) is 0 Å². The van der Waals surface area contributed by atoms with Crippen LogP contribution in [0.25, 0.3) is 0 Å². The molecular weight excluding hydrogens is 466 g/mol. The number of amides is 3. The molecule has 36 heavy (non-hydrogen) atoms. The highest BCUT2D eigenvalue weighted by molar-refractivity contribution is 6.05. The van der Waals surface area contributed by atoms with Crippen LogP contribution in [0.2, 0.25) is 0 Å². The van der Waals surface area contributed by atoms with Gasteiger partial charge in [0.05, 0.1) is 19.8 Å². The normalized spacial score (nSPS) is 19.1. The summed E-state index contributed by atoms with van der Waals surface area (Å²) < 4.78 is 10.8. The Labute approximate surface area is 208 Å². The lowest BCUT2D eigenvalue weighted by atomic mass is 10.0. The van der Waals surface area contributed by atoms with Crippen LogP contribution in [0.15, 0.2) is 42.5 Å². The number of nitrogen functional groups attached to an aromatic ring is 1. The van der Waals surface area contributed by atoms with E-state index in [1.807, 2.05) is 6.92 Å². The molecule has 2 aromatic rings. The summed E-state index contributed by atoms with van der Waals surface area (Å²) in [5, 5.41) is 20.6. The van der Waals surface area contributed by atoms with Gasteiger partial charge >= 0.3 is 0 Å². The summed E-state index contributed by atoms with van der Waals surface area (Å²) in [4.78, 5) is 42.1. The number of amidine groups is 1. The lowest BCUT2D eigenvalue weighted by molar-refractivity contribution is -0.150. The average Bonchev–Trinajstić information content (AvgIpc) is 2.89. The molecule has 2 aliphatic heterocycles. The number of carbonyl (C=O) groups is 3. The fourth-order valence-corrected chi connectivity index (χ4v) is 4.14. The fraction of sp³-hybridized carbons (Fsp3) is 0.360. The highest BCUT2D eigenvalue weighted by Crippen LogP contribution is 2.26. The smallest absolute Gasteiger partial charge is 0.259 e. The first-order valence-electron chi connectivity index (χ1n) is 11.6. The van der Waals surface area contributed by atoms with Gasteiger partial charge in [-0.25, -0.2) is 0 Å². The van der Waals surface area contributed by atoms with Crippen molar-refractivity contribution in [2.45, 2.75) is 19.1 Å². The third kappa shape index (κ3) is 5.38. The molecule has 2 saturated heterocycles. The second-order valence-corrected chi connectivity index (χ2v) is 8.61. The van der Waals surface area contributed by atoms with E-state index in [1.165, 1.54) is 17.0 Å². The van der Waals surface area contributed by atoms with Crippen LogP contribution in [0.1, 0.15) is 21.5 Å². The molecule has 2 aromatic carbocycles. The molecule has 2 unspecified atom stereocenters. The van der Waals surface area contributed by atoms with Crippen LogP contribution in [-0.4, -0.2) is 85.2 Å². The molecule has 2 heterocycles. The number of nitrogens with two attached hydrogens (primary N) is 1. The second-order valence-electron chi connectivity index (χ2n) is 8.61. The molecule has 2 fully saturated rings. The van der Waals surface area contributed by atoms with Crippen LogP contribution < -0.4 is 16.0 Å². The molecular formula is C25H29N5O6. The number of benzene rings is 2. The van der Waals surface area contributed by atoms with Gasteiger partial charge in [-0.2, -0.15) is 0 Å². The van der Waals surface area contributed by atoms with Gasteiger partial charge in [0.25, 0.3) is 17.7 Å². The van der Waals surface area contributed by atoms with Crippen molar-refractivity contribution < 1.29 is 29.0 Å². The number of carbonyl (C=O) groups excluding carboxylic acids is 3. The van der Waals surface area contributed by atoms with Crippen molar-refractivity contribution >= 4 is 34.9 Å². The highest BCUT2D eigenvalue weighted by atomic mass is 16.5. The van der Waals surface area contributed by atoms with Crippen molar-refractivity contribution in [1.29, 1.82) is 5.41 Å². The Balaban J connectivity index is 1.48. The summed E-state index contributed by atoms with van der Waals surface area (Å²) in [5.41, 5.74) is 8.03. The van der Waals surface area contributed by atoms with Gasteiger partial charge in [0.15, 0.2) is 12.2 Å². The minimum atomic E-state index is -1.76. The molecule has 0 saturated carbocycles. The van der Waals surface area contributed by atoms with Gasteiger partial charge < -0.3 is 35.4 Å². The molecule has 4 rings (SSSR count). The zero-order valence-corrected chi connectivity index (χ0v) is 19.9. The molecule has 11 heteroatoms. The molecule has 2 atom stereocenters. The zero-order valence-electron chi connectivity index (χ0n) is 19.9. The maximum atomic E-state index is 13.3. The molecule has 3 amide bonds. The molecule has 0 aromatic heterocycles. The van der Waals surface area contributed by atoms with E-state index in [2.05, 4.69) is 5.32 Å². The van der Waals surface area contributed by atoms with Crippen LogP contribution in [0.4, 0.5) is 11.4 Å². The SMILES string of the molecule is Cc1ccc(C(=O)N2CCOCC2)cc1N1CCOC(C(O)C(=O)Nc2ccc(C(=N)N)cc2)C1=O. The number of ether oxygens (including phenoxy) is 2. The van der Waals surface area contributed by atoms with E-state index in [0.717, 1.165) is 5.56 Å². The van der Waals surface area contributed by atoms with Crippen molar-refractivity contribution in [3.05, 3.63) is 59.2 Å². The van der Waals surface area contributed by atoms with Gasteiger partial charge in [-0.3, -0.25) is 19.8 Å². The maximum absolute atomic E-state index is 13.3. The van der Waals surface area contributed by atoms with Crippen LogP contribution in [0.3, 0.4) is 0 Å². The Hall–Kier alpha value is -3.80. The summed E-state index contributed by atoms with van der Waals surface area (Å²) in [6, 6.07) is 11.4. The van der Waals surface area contributed by atoms with Crippen LogP contribution >= 0.6 is 0 Å². The third-order valence-corrected chi connectivity index (χ3v) is 6.19. The molecule has 11 nitrogen and oxygen atoms in total. The monoisotopic (exact) mass is 495 g/mol. The van der Waals surface area contributed by atoms with E-state index in [4.69, 9.17) is 20.6 Å². The number of hydrogen-bond acceptors (Lipinski definition) is 7. The Morgan fingerprint density at radius 2 is 1.75 bits per heavy atom. The van der Waals surface area contributed by atoms with Gasteiger partial charge in [-0.1, -0.05) is 6.07 Å². The van der Waals surface area contributed by atoms with E-state index >= 15 is 0 Å². The zero-order chi connectivity index (χ0) is 25.8. The van der Waals surface area contributed by atoms with Crippen molar-refractivity contribution in [3.63, 3.8) is 0 Å². The molecule has 0 spiro atoms. The van der Waals surface area contributed by atoms with Gasteiger partial charge in [-0.15, -0.1) is 0 Å². The van der Waals surface area contributed by atoms with E-state index in [1.54, 1.807) is 35.2 Å². The summed E-state index contributed by atoms with van der Waals surface area (Å²) in [7, 11) is 0. The van der Waals surface area contributed by atoms with Crippen molar-refractivity contribution in [2.24, 2.45) is 5.73 Å². The highest BCUT2D eigenvalue weighted by Gasteiger charge is 2.40. The molecule has 0 bridgehead atoms. The number of aryl methyl sites for hydroxylation is 1. The Kier molecular flexibility index (Phi) is 7.63. The number of hydrogen-bond donors (Lipinski definition) is 4. The summed E-state index contributed by atoms with van der Waals surface area (Å²) in [6.07, 6.45) is -3.17. The standard InChI is InChI=1S/C25H29N5O6/c1-15-2-3-17(24(33)29-8-11-35-12-9-29)14-19(15)30-10-13-36-21(25(30)34)20(31)23(32)28-18-6-4-16(5-7-18)22(26)27/h2-7,14,20-21,31H,8-13H2,1H3,(H3,26,27)(H,28,32). The molecule has 0 radical (unpaired) electrons. The summed E-state index contributed by atoms with van der Waals surface area (Å²) in [6.45, 7) is 4.11. The molecule has 2 aliphatic rings. The third-order valence-electron chi connectivity index (χ3n) is 6.19. The van der Waals surface area contributed by atoms with Crippen LogP contribution in [-0.2, 0) is 19.1 Å². The molecule has 0 aliphatic carbocycles. The first-order valence-corrected chi connectivity index (χ1v) is 11.6. The van der Waals surface area contributed by atoms with E-state index in [0.29, 0.717) is 48.8 Å².